The van der Waals surface area contributed by atoms with Gasteiger partial charge in [-0.15, -0.1) is 16.4 Å². The second-order valence-corrected chi connectivity index (χ2v) is 21.0. The Kier molecular flexibility index (Phi) is 10.3. The van der Waals surface area contributed by atoms with Crippen LogP contribution in [0.3, 0.4) is 0 Å². The van der Waals surface area contributed by atoms with Crippen LogP contribution in [0.25, 0.3) is 66.1 Å². The minimum Gasteiger partial charge on any atom is -0.309 e. The van der Waals surface area contributed by atoms with E-state index in [1.165, 1.54) is 49.6 Å². The summed E-state index contributed by atoms with van der Waals surface area (Å²) in [7, 11) is 33.4. The molecule has 0 fully saturated rings. The first-order chi connectivity index (χ1) is 28.4. The molecule has 296 valence electrons. The van der Waals surface area contributed by atoms with Crippen LogP contribution in [0.2, 0.25) is 0 Å². The zero-order valence-electron chi connectivity index (χ0n) is 38.5. The topological polar surface area (TPSA) is 9.86 Å². The Morgan fingerprint density at radius 3 is 1.49 bits per heavy atom. The van der Waals surface area contributed by atoms with Crippen molar-refractivity contribution in [3.63, 3.8) is 0 Å². The Hall–Kier alpha value is -4.76. The van der Waals surface area contributed by atoms with E-state index in [9.17, 15) is 0 Å². The van der Waals surface area contributed by atoms with Gasteiger partial charge in [-0.1, -0.05) is 131 Å². The monoisotopic (exact) mass is 786 g/mol. The smallest absolute Gasteiger partial charge is 0.113 e. The average molecular weight is 786 g/mol. The van der Waals surface area contributed by atoms with Gasteiger partial charge in [0.15, 0.2) is 0 Å². The highest BCUT2D eigenvalue weighted by molar-refractivity contribution is 6.69. The van der Waals surface area contributed by atoms with Crippen LogP contribution in [-0.2, 0) is 16.2 Å². The van der Waals surface area contributed by atoms with Crippen LogP contribution in [0, 0.1) is 0 Å². The van der Waals surface area contributed by atoms with Gasteiger partial charge in [0.05, 0.1) is 27.8 Å². The second-order valence-electron chi connectivity index (χ2n) is 21.0. The summed E-state index contributed by atoms with van der Waals surface area (Å²) in [5, 5.41) is 4.67. The molecule has 10 radical (unpaired) electrons. The van der Waals surface area contributed by atoms with Crippen LogP contribution >= 0.6 is 0 Å². The number of rotatable bonds is 5. The maximum absolute atomic E-state index is 6.93. The largest absolute Gasteiger partial charge is 0.309 e. The summed E-state index contributed by atoms with van der Waals surface area (Å²) in [5.41, 5.74) is 15.7. The molecule has 6 aromatic carbocycles. The van der Waals surface area contributed by atoms with Crippen molar-refractivity contribution in [3.8, 4) is 22.5 Å². The summed E-state index contributed by atoms with van der Waals surface area (Å²) >= 11 is 0. The molecule has 0 bridgehead atoms. The lowest BCUT2D eigenvalue weighted by atomic mass is 9.59. The Balaban J connectivity index is 1.61. The average Bonchev–Trinajstić information content (AvgIpc) is 3.70. The molecule has 0 amide bonds. The Labute approximate surface area is 370 Å². The second kappa shape index (κ2) is 14.7. The van der Waals surface area contributed by atoms with Crippen molar-refractivity contribution in [2.45, 2.75) is 118 Å². The van der Waals surface area contributed by atoms with E-state index >= 15 is 0 Å². The maximum atomic E-state index is 6.93. The number of fused-ring (bicyclic) bond motifs is 6. The molecule has 2 heterocycles. The minimum absolute atomic E-state index is 0.00572. The van der Waals surface area contributed by atoms with Gasteiger partial charge in [-0.3, -0.25) is 0 Å². The van der Waals surface area contributed by atoms with E-state index in [1.54, 1.807) is 0 Å². The van der Waals surface area contributed by atoms with Crippen molar-refractivity contribution in [2.24, 2.45) is 0 Å². The number of hydrogen-bond acceptors (Lipinski definition) is 0. The van der Waals surface area contributed by atoms with Gasteiger partial charge in [0.2, 0.25) is 0 Å². The summed E-state index contributed by atoms with van der Waals surface area (Å²) in [6, 6.07) is 32.2. The van der Waals surface area contributed by atoms with Crippen LogP contribution in [-0.4, -0.2) is 48.4 Å². The molecule has 0 atom stereocenters. The highest BCUT2D eigenvalue weighted by atomic mass is 15.0. The number of hydrogen-bond donors (Lipinski definition) is 0. The van der Waals surface area contributed by atoms with Crippen molar-refractivity contribution in [2.75, 3.05) is 0 Å². The van der Waals surface area contributed by atoms with Gasteiger partial charge >= 0.3 is 0 Å². The molecule has 0 N–H and O–H groups in total. The highest BCUT2D eigenvalue weighted by Crippen LogP contribution is 2.46. The fourth-order valence-electron chi connectivity index (χ4n) is 9.30. The molecule has 8 aromatic rings. The van der Waals surface area contributed by atoms with Crippen molar-refractivity contribution in [1.29, 1.82) is 0 Å². The van der Waals surface area contributed by atoms with Crippen LogP contribution in [0.15, 0.2) is 84.9 Å². The molecule has 0 aliphatic carbocycles. The molecule has 2 aromatic heterocycles. The fraction of sp³-hybridized carbons (Fsp3) is 0.333. The third-order valence-electron chi connectivity index (χ3n) is 13.0. The van der Waals surface area contributed by atoms with E-state index in [2.05, 4.69) is 184 Å². The van der Waals surface area contributed by atoms with E-state index in [0.717, 1.165) is 38.7 Å². The number of aromatic nitrogens is 2. The SMILES string of the molecule is [B]c1c([B])c([B])c(-c2cccc3c2c2c(C(C)C)c(-n4c5ccc(C(C)C)cc5c5cc(C(C)(C)C)ccc54)ccc2n3-c2cc(C(C)(C)C)cc(C(C)(C)C)c2)c([B])c1[B]. The Morgan fingerprint density at radius 2 is 0.951 bits per heavy atom. The van der Waals surface area contributed by atoms with Gasteiger partial charge < -0.3 is 9.13 Å². The van der Waals surface area contributed by atoms with Gasteiger partial charge in [0.25, 0.3) is 0 Å². The zero-order chi connectivity index (χ0) is 44.4. The lowest BCUT2D eigenvalue weighted by molar-refractivity contribution is 0.568. The predicted octanol–water partition coefficient (Wildman–Crippen LogP) is 9.66. The summed E-state index contributed by atoms with van der Waals surface area (Å²) in [4.78, 5) is 0. The van der Waals surface area contributed by atoms with Gasteiger partial charge in [-0.2, -0.15) is 0 Å². The molecule has 8 rings (SSSR count). The Bertz CT molecular complexity index is 3020. The van der Waals surface area contributed by atoms with E-state index in [1.807, 2.05) is 0 Å². The standard InChI is InChI=1S/C54H55B5N2/c1-28(2)30-17-19-38-36(23-30)37-27-31(52(5,6)7)18-20-39(37)61(38)41-21-22-42-46(43(41)29(3)4)44-35(45-47(55)49(57)51(59)50(58)48(45)56)15-14-16-40(44)60(42)34-25-32(53(8,9)10)24-33(26-34)54(11,12)13/h14-29H,1-13H3. The summed E-state index contributed by atoms with van der Waals surface area (Å²) in [6.07, 6.45) is 0. The normalized spacial score (nSPS) is 13.0. The lowest BCUT2D eigenvalue weighted by Crippen LogP contribution is -2.55. The first-order valence-corrected chi connectivity index (χ1v) is 21.8. The van der Waals surface area contributed by atoms with E-state index < -0.39 is 0 Å². The first-order valence-electron chi connectivity index (χ1n) is 21.8. The van der Waals surface area contributed by atoms with Crippen LogP contribution in [0.4, 0.5) is 0 Å². The minimum atomic E-state index is -0.0864. The van der Waals surface area contributed by atoms with E-state index in [4.69, 9.17) is 39.2 Å². The molecule has 61 heavy (non-hydrogen) atoms. The quantitative estimate of drug-likeness (QED) is 0.154. The van der Waals surface area contributed by atoms with Crippen molar-refractivity contribution >= 4 is 110 Å². The molecule has 0 aliphatic heterocycles. The van der Waals surface area contributed by atoms with E-state index in [-0.39, 0.29) is 38.6 Å². The van der Waals surface area contributed by atoms with Crippen LogP contribution in [0.1, 0.15) is 130 Å². The van der Waals surface area contributed by atoms with Crippen LogP contribution < -0.4 is 27.3 Å². The van der Waals surface area contributed by atoms with Crippen molar-refractivity contribution in [1.82, 2.24) is 9.13 Å². The first kappa shape index (κ1) is 42.9. The molecule has 0 saturated carbocycles. The van der Waals surface area contributed by atoms with Crippen molar-refractivity contribution in [3.05, 3.63) is 113 Å². The molecular formula is C54H55B5N2. The Morgan fingerprint density at radius 1 is 0.443 bits per heavy atom. The maximum Gasteiger partial charge on any atom is 0.113 e. The van der Waals surface area contributed by atoms with Gasteiger partial charge in [-0.05, 0) is 122 Å². The third kappa shape index (κ3) is 6.94. The zero-order valence-corrected chi connectivity index (χ0v) is 38.5. The molecule has 2 nitrogen and oxygen atoms in total. The molecule has 7 heteroatoms. The molecule has 0 saturated heterocycles. The molecule has 0 unspecified atom stereocenters. The predicted molar refractivity (Wildman–Crippen MR) is 272 cm³/mol. The fourth-order valence-corrected chi connectivity index (χ4v) is 9.30. The summed E-state index contributed by atoms with van der Waals surface area (Å²) in [5.74, 6) is 0.497. The van der Waals surface area contributed by atoms with Crippen LogP contribution in [0.5, 0.6) is 0 Å². The van der Waals surface area contributed by atoms with E-state index in [0.29, 0.717) is 22.4 Å². The molecule has 0 spiro atoms. The van der Waals surface area contributed by atoms with Gasteiger partial charge in [0.1, 0.15) is 39.2 Å². The number of nitrogens with zero attached hydrogens (tertiary/aromatic N) is 2. The summed E-state index contributed by atoms with van der Waals surface area (Å²) < 4.78 is 4.92. The van der Waals surface area contributed by atoms with Crippen molar-refractivity contribution < 1.29 is 0 Å². The van der Waals surface area contributed by atoms with Gasteiger partial charge in [-0.25, -0.2) is 0 Å². The lowest BCUT2D eigenvalue weighted by Gasteiger charge is -2.27. The number of benzene rings is 6. The third-order valence-corrected chi connectivity index (χ3v) is 13.0. The summed E-state index contributed by atoms with van der Waals surface area (Å²) in [6.45, 7) is 29.7. The van der Waals surface area contributed by atoms with Gasteiger partial charge in [0, 0.05) is 27.2 Å². The highest BCUT2D eigenvalue weighted by Gasteiger charge is 2.28. The molecule has 0 aliphatic rings. The molecular weight excluding hydrogens is 731 g/mol.